The van der Waals surface area contributed by atoms with E-state index in [9.17, 15) is 0 Å². The standard InChI is InChI=1S/C12H9S.C9H22O3P.C6H15P.Pt/c13-12-9-5-4-8-11(12)10-6-2-1-3-7-10;1-7(2)10-13(11-8(3)4)12-9(5)6;1-4-7(5-2)6-3;/h1-6,8-9,13H;7-9,13H,1-6H3;4-6H2,1-3H3;/q-1;+1;;+2. The van der Waals surface area contributed by atoms with Crippen LogP contribution < -0.4 is 0 Å². The monoisotopic (exact) mass is 707 g/mol. The molecule has 0 N–H and O–H groups in total. The predicted octanol–water partition coefficient (Wildman–Crippen LogP) is 8.54. The third kappa shape index (κ3) is 18.4. The Hall–Kier alpha value is 0.0883. The van der Waals surface area contributed by atoms with E-state index in [0.717, 1.165) is 16.0 Å². The molecule has 0 aliphatic heterocycles. The van der Waals surface area contributed by atoms with Crippen molar-refractivity contribution in [3.8, 4) is 11.1 Å². The second-order valence-corrected chi connectivity index (χ2v) is 13.6. The molecule has 0 heterocycles. The van der Waals surface area contributed by atoms with Crippen LogP contribution in [0.2, 0.25) is 0 Å². The fourth-order valence-electron chi connectivity index (χ4n) is 2.66. The second kappa shape index (κ2) is 22.3. The molecule has 0 aromatic heterocycles. The van der Waals surface area contributed by atoms with Crippen LogP contribution in [0.5, 0.6) is 0 Å². The number of rotatable bonds is 10. The first-order valence-corrected chi connectivity index (χ1v) is 15.8. The molecular weight excluding hydrogens is 661 g/mol. The molecule has 0 bridgehead atoms. The van der Waals surface area contributed by atoms with Crippen LogP contribution in [0, 0.1) is 6.07 Å². The zero-order valence-electron chi connectivity index (χ0n) is 22.4. The van der Waals surface area contributed by atoms with Crippen LogP contribution in [-0.2, 0) is 47.3 Å². The van der Waals surface area contributed by atoms with E-state index in [1.165, 1.54) is 18.5 Å². The Balaban J connectivity index is 0. The van der Waals surface area contributed by atoms with Crippen LogP contribution in [0.1, 0.15) is 62.3 Å². The molecule has 0 saturated heterocycles. The average molecular weight is 708 g/mol. The zero-order valence-corrected chi connectivity index (χ0v) is 27.5. The van der Waals surface area contributed by atoms with Gasteiger partial charge in [-0.15, -0.1) is 41.5 Å². The van der Waals surface area contributed by atoms with E-state index in [1.54, 1.807) is 0 Å². The van der Waals surface area contributed by atoms with Crippen molar-refractivity contribution < 1.29 is 34.6 Å². The summed E-state index contributed by atoms with van der Waals surface area (Å²) in [5, 5.41) is 0. The fourth-order valence-corrected chi connectivity index (χ4v) is 5.74. The molecular formula is C27H46O3P2PtS+2. The van der Waals surface area contributed by atoms with Gasteiger partial charge in [0.2, 0.25) is 0 Å². The van der Waals surface area contributed by atoms with Crippen molar-refractivity contribution in [2.24, 2.45) is 0 Å². The summed E-state index contributed by atoms with van der Waals surface area (Å²) in [5.41, 5.74) is 2.14. The maximum Gasteiger partial charge on any atom is 2.00 e. The van der Waals surface area contributed by atoms with Gasteiger partial charge in [-0.2, -0.15) is 13.6 Å². The predicted molar refractivity (Wildman–Crippen MR) is 153 cm³/mol. The maximum atomic E-state index is 5.53. The van der Waals surface area contributed by atoms with Crippen LogP contribution in [-0.4, -0.2) is 36.8 Å². The van der Waals surface area contributed by atoms with E-state index in [-0.39, 0.29) is 47.3 Å². The molecule has 0 aliphatic carbocycles. The van der Waals surface area contributed by atoms with Crippen LogP contribution >= 0.6 is 16.5 Å². The quantitative estimate of drug-likeness (QED) is 0.141. The second-order valence-electron chi connectivity index (χ2n) is 8.33. The summed E-state index contributed by atoms with van der Waals surface area (Å²) in [4.78, 5) is 0.880. The molecule has 0 radical (unpaired) electrons. The third-order valence-corrected chi connectivity index (χ3v) is 9.73. The Bertz CT molecular complexity index is 685. The molecule has 196 valence electrons. The van der Waals surface area contributed by atoms with Crippen LogP contribution in [0.3, 0.4) is 0 Å². The van der Waals surface area contributed by atoms with Crippen LogP contribution in [0.4, 0.5) is 0 Å². The number of hydrogen-bond donors (Lipinski definition) is 0. The van der Waals surface area contributed by atoms with Crippen LogP contribution in [0.25, 0.3) is 11.1 Å². The first-order chi connectivity index (χ1) is 15.6. The van der Waals surface area contributed by atoms with Crippen molar-refractivity contribution >= 4 is 29.2 Å². The van der Waals surface area contributed by atoms with Gasteiger partial charge in [-0.3, -0.25) is 0 Å². The molecule has 7 heteroatoms. The molecule has 0 unspecified atom stereocenters. The Morgan fingerprint density at radius 2 is 1.18 bits per heavy atom. The topological polar surface area (TPSA) is 27.7 Å². The van der Waals surface area contributed by atoms with E-state index >= 15 is 0 Å². The summed E-state index contributed by atoms with van der Waals surface area (Å²) in [6.45, 7) is 18.8. The zero-order chi connectivity index (χ0) is 25.2. The first-order valence-electron chi connectivity index (χ1n) is 12.1. The largest absolute Gasteiger partial charge is 2.00 e. The van der Waals surface area contributed by atoms with Gasteiger partial charge in [0.1, 0.15) is 18.3 Å². The number of benzene rings is 2. The molecule has 34 heavy (non-hydrogen) atoms. The summed E-state index contributed by atoms with van der Waals surface area (Å²) >= 11 is 5.21. The van der Waals surface area contributed by atoms with Gasteiger partial charge in [-0.05, 0) is 70.2 Å². The molecule has 2 aromatic carbocycles. The van der Waals surface area contributed by atoms with Crippen molar-refractivity contribution in [1.82, 2.24) is 0 Å². The average Bonchev–Trinajstić information content (AvgIpc) is 2.75. The van der Waals surface area contributed by atoms with E-state index < -0.39 is 8.60 Å². The van der Waals surface area contributed by atoms with E-state index in [2.05, 4.69) is 26.8 Å². The van der Waals surface area contributed by atoms with Gasteiger partial charge in [0.15, 0.2) is 0 Å². The molecule has 0 spiro atoms. The molecule has 2 aromatic rings. The minimum absolute atomic E-state index is 0. The molecule has 0 saturated carbocycles. The van der Waals surface area contributed by atoms with E-state index in [1.807, 2.05) is 90.1 Å². The Morgan fingerprint density at radius 1 is 0.735 bits per heavy atom. The smallest absolute Gasteiger partial charge is 0.789 e. The Kier molecular flexibility index (Phi) is 23.8. The molecule has 3 nitrogen and oxygen atoms in total. The summed E-state index contributed by atoms with van der Waals surface area (Å²) in [6.07, 6.45) is 4.84. The summed E-state index contributed by atoms with van der Waals surface area (Å²) in [6, 6.07) is 18.9. The summed E-state index contributed by atoms with van der Waals surface area (Å²) < 4.78 is 16.6. The third-order valence-electron chi connectivity index (χ3n) is 4.38. The molecule has 2 rings (SSSR count). The normalized spacial score (nSPS) is 10.6. The maximum absolute atomic E-state index is 5.53. The Labute approximate surface area is 232 Å². The minimum atomic E-state index is -1.54. The van der Waals surface area contributed by atoms with Crippen molar-refractivity contribution in [2.45, 2.75) is 85.5 Å². The number of hydrogen-bond acceptors (Lipinski definition) is 4. The fraction of sp³-hybridized carbons (Fsp3) is 0.556. The molecule has 0 aliphatic rings. The van der Waals surface area contributed by atoms with Gasteiger partial charge >= 0.3 is 29.7 Å². The minimum Gasteiger partial charge on any atom is -0.789 e. The van der Waals surface area contributed by atoms with Crippen LogP contribution in [0.15, 0.2) is 53.4 Å². The first kappa shape index (κ1) is 36.2. The summed E-state index contributed by atoms with van der Waals surface area (Å²) in [5.74, 6) is 0. The van der Waals surface area contributed by atoms with E-state index in [4.69, 9.17) is 26.2 Å². The molecule has 0 atom stereocenters. The van der Waals surface area contributed by atoms with Crippen molar-refractivity contribution in [3.63, 3.8) is 0 Å². The van der Waals surface area contributed by atoms with Gasteiger partial charge in [-0.25, -0.2) is 4.90 Å². The molecule has 0 amide bonds. The van der Waals surface area contributed by atoms with Gasteiger partial charge in [0, 0.05) is 0 Å². The van der Waals surface area contributed by atoms with Gasteiger partial charge in [-0.1, -0.05) is 24.3 Å². The summed E-state index contributed by atoms with van der Waals surface area (Å²) in [7, 11) is -1.41. The van der Waals surface area contributed by atoms with Crippen molar-refractivity contribution in [1.29, 1.82) is 0 Å². The van der Waals surface area contributed by atoms with Gasteiger partial charge in [0.05, 0.1) is 18.5 Å². The van der Waals surface area contributed by atoms with Gasteiger partial charge in [0.25, 0.3) is 0 Å². The van der Waals surface area contributed by atoms with Gasteiger partial charge < -0.3 is 12.6 Å². The Morgan fingerprint density at radius 3 is 1.50 bits per heavy atom. The molecule has 0 fully saturated rings. The van der Waals surface area contributed by atoms with Crippen molar-refractivity contribution in [3.05, 3.63) is 54.6 Å². The van der Waals surface area contributed by atoms with E-state index in [0.29, 0.717) is 0 Å². The van der Waals surface area contributed by atoms with Crippen molar-refractivity contribution in [2.75, 3.05) is 18.5 Å². The SMILES string of the molecule is CC(C)O[PH+](OC(C)C)OC(C)C.CC[PH+](CC)CC.[Pt+2].[S-]c1ccccc1-c1[c-]cccc1.